The third kappa shape index (κ3) is 3.55. The van der Waals surface area contributed by atoms with Crippen LogP contribution in [0.15, 0.2) is 36.7 Å². The fourth-order valence-corrected chi connectivity index (χ4v) is 1.92. The molecule has 0 aliphatic carbocycles. The van der Waals surface area contributed by atoms with E-state index in [-0.39, 0.29) is 23.9 Å². The first-order chi connectivity index (χ1) is 10.7. The zero-order chi connectivity index (χ0) is 15.9. The molecule has 6 nitrogen and oxygen atoms in total. The third-order valence-electron chi connectivity index (χ3n) is 3.04. The number of halogens is 1. The maximum Gasteiger partial charge on any atom is 0.314 e. The number of methoxy groups -OCH3 is 1. The van der Waals surface area contributed by atoms with E-state index in [1.165, 1.54) is 43.8 Å². The first-order valence-corrected chi connectivity index (χ1v) is 6.44. The molecule has 0 amide bonds. The number of benzene rings is 1. The van der Waals surface area contributed by atoms with Crippen LogP contribution >= 0.6 is 0 Å². The molecule has 2 aromatic rings. The number of carbonyl (C=O) groups is 1. The van der Waals surface area contributed by atoms with Crippen LogP contribution in [0.3, 0.4) is 0 Å². The summed E-state index contributed by atoms with van der Waals surface area (Å²) in [5, 5.41) is 11.9. The van der Waals surface area contributed by atoms with E-state index in [0.29, 0.717) is 5.56 Å². The quantitative estimate of drug-likeness (QED) is 0.848. The van der Waals surface area contributed by atoms with Crippen molar-refractivity contribution in [3.63, 3.8) is 0 Å². The zero-order valence-corrected chi connectivity index (χ0v) is 11.8. The zero-order valence-electron chi connectivity index (χ0n) is 11.8. The van der Waals surface area contributed by atoms with Gasteiger partial charge in [0.05, 0.1) is 13.0 Å². The minimum atomic E-state index is -0.654. The number of rotatable bonds is 5. The standard InChI is InChI=1S/C15H13FN4O2/c1-22-15(21)12(10-2-4-11(16)5-3-10)9-20-14-13(8-17)18-6-7-19-14/h2-7,12H,9H2,1H3,(H,19,20). The minimum absolute atomic E-state index is 0.130. The average molecular weight is 300 g/mol. The molecule has 0 saturated carbocycles. The molecule has 1 aromatic heterocycles. The molecule has 1 aromatic carbocycles. The second kappa shape index (κ2) is 7.13. The second-order valence-electron chi connectivity index (χ2n) is 4.37. The number of ether oxygens (including phenoxy) is 1. The third-order valence-corrected chi connectivity index (χ3v) is 3.04. The number of anilines is 1. The first-order valence-electron chi connectivity index (χ1n) is 6.44. The van der Waals surface area contributed by atoms with Gasteiger partial charge in [0.2, 0.25) is 0 Å². The Morgan fingerprint density at radius 1 is 1.36 bits per heavy atom. The lowest BCUT2D eigenvalue weighted by Gasteiger charge is -2.16. The van der Waals surface area contributed by atoms with Gasteiger partial charge in [0.1, 0.15) is 11.9 Å². The summed E-state index contributed by atoms with van der Waals surface area (Å²) in [6.45, 7) is 0.145. The van der Waals surface area contributed by atoms with E-state index in [0.717, 1.165) is 0 Å². The van der Waals surface area contributed by atoms with E-state index in [1.54, 1.807) is 0 Å². The molecule has 112 valence electrons. The summed E-state index contributed by atoms with van der Waals surface area (Å²) in [6.07, 6.45) is 2.84. The van der Waals surface area contributed by atoms with Gasteiger partial charge in [0, 0.05) is 18.9 Å². The molecule has 1 atom stereocenters. The average Bonchev–Trinajstić information content (AvgIpc) is 2.56. The number of hydrogen-bond donors (Lipinski definition) is 1. The van der Waals surface area contributed by atoms with Crippen molar-refractivity contribution in [2.45, 2.75) is 5.92 Å². The maximum absolute atomic E-state index is 13.0. The normalized spacial score (nSPS) is 11.3. The molecule has 0 saturated heterocycles. The Morgan fingerprint density at radius 2 is 2.05 bits per heavy atom. The Morgan fingerprint density at radius 3 is 2.68 bits per heavy atom. The summed E-state index contributed by atoms with van der Waals surface area (Å²) in [5.74, 6) is -1.23. The predicted octanol–water partition coefficient (Wildman–Crippen LogP) is 1.86. The lowest BCUT2D eigenvalue weighted by atomic mass is 9.99. The number of carbonyl (C=O) groups excluding carboxylic acids is 1. The Hall–Kier alpha value is -3.01. The fourth-order valence-electron chi connectivity index (χ4n) is 1.92. The van der Waals surface area contributed by atoms with Crippen LogP contribution in [-0.4, -0.2) is 29.6 Å². The van der Waals surface area contributed by atoms with Crippen LogP contribution in [-0.2, 0) is 9.53 Å². The fraction of sp³-hybridized carbons (Fsp3) is 0.200. The molecule has 7 heteroatoms. The molecule has 0 bridgehead atoms. The predicted molar refractivity (Wildman–Crippen MR) is 76.4 cm³/mol. The van der Waals surface area contributed by atoms with E-state index in [2.05, 4.69) is 15.3 Å². The lowest BCUT2D eigenvalue weighted by molar-refractivity contribution is -0.142. The molecular weight excluding hydrogens is 287 g/mol. The Balaban J connectivity index is 2.19. The monoisotopic (exact) mass is 300 g/mol. The number of hydrogen-bond acceptors (Lipinski definition) is 6. The van der Waals surface area contributed by atoms with Gasteiger partial charge in [-0.2, -0.15) is 5.26 Å². The maximum atomic E-state index is 13.0. The van der Waals surface area contributed by atoms with Crippen molar-refractivity contribution in [2.24, 2.45) is 0 Å². The van der Waals surface area contributed by atoms with Crippen LogP contribution in [0, 0.1) is 17.1 Å². The minimum Gasteiger partial charge on any atom is -0.468 e. The van der Waals surface area contributed by atoms with Crippen molar-refractivity contribution < 1.29 is 13.9 Å². The topological polar surface area (TPSA) is 87.9 Å². The highest BCUT2D eigenvalue weighted by Gasteiger charge is 2.22. The van der Waals surface area contributed by atoms with E-state index in [1.807, 2.05) is 6.07 Å². The van der Waals surface area contributed by atoms with E-state index >= 15 is 0 Å². The van der Waals surface area contributed by atoms with Crippen LogP contribution in [0.5, 0.6) is 0 Å². The molecule has 0 spiro atoms. The van der Waals surface area contributed by atoms with Gasteiger partial charge in [-0.3, -0.25) is 4.79 Å². The van der Waals surface area contributed by atoms with Crippen molar-refractivity contribution >= 4 is 11.8 Å². The van der Waals surface area contributed by atoms with Crippen LogP contribution in [0.2, 0.25) is 0 Å². The number of nitrogens with zero attached hydrogens (tertiary/aromatic N) is 3. The number of nitrogens with one attached hydrogen (secondary N) is 1. The van der Waals surface area contributed by atoms with Crippen molar-refractivity contribution in [1.29, 1.82) is 5.26 Å². The Bertz CT molecular complexity index is 697. The molecule has 0 aliphatic rings. The van der Waals surface area contributed by atoms with Crippen molar-refractivity contribution in [2.75, 3.05) is 19.0 Å². The molecular formula is C15H13FN4O2. The van der Waals surface area contributed by atoms with Gasteiger partial charge in [-0.25, -0.2) is 14.4 Å². The SMILES string of the molecule is COC(=O)C(CNc1nccnc1C#N)c1ccc(F)cc1. The van der Waals surface area contributed by atoms with Gasteiger partial charge in [0.15, 0.2) is 11.5 Å². The lowest BCUT2D eigenvalue weighted by Crippen LogP contribution is -2.23. The number of aromatic nitrogens is 2. The van der Waals surface area contributed by atoms with Crippen molar-refractivity contribution in [3.05, 3.63) is 53.7 Å². The summed E-state index contributed by atoms with van der Waals surface area (Å²) in [5.41, 5.74) is 0.730. The molecule has 0 aliphatic heterocycles. The molecule has 1 heterocycles. The summed E-state index contributed by atoms with van der Waals surface area (Å²) >= 11 is 0. The highest BCUT2D eigenvalue weighted by atomic mass is 19.1. The largest absolute Gasteiger partial charge is 0.468 e. The van der Waals surface area contributed by atoms with E-state index in [9.17, 15) is 9.18 Å². The summed E-state index contributed by atoms with van der Waals surface area (Å²) < 4.78 is 17.8. The van der Waals surface area contributed by atoms with E-state index in [4.69, 9.17) is 10.00 Å². The summed E-state index contributed by atoms with van der Waals surface area (Å²) in [4.78, 5) is 19.8. The van der Waals surface area contributed by atoms with Crippen LogP contribution in [0.25, 0.3) is 0 Å². The highest BCUT2D eigenvalue weighted by Crippen LogP contribution is 2.19. The molecule has 1 unspecified atom stereocenters. The molecule has 22 heavy (non-hydrogen) atoms. The molecule has 0 fully saturated rings. The van der Waals surface area contributed by atoms with Gasteiger partial charge in [0.25, 0.3) is 0 Å². The molecule has 2 rings (SSSR count). The van der Waals surface area contributed by atoms with Gasteiger partial charge in [-0.05, 0) is 17.7 Å². The van der Waals surface area contributed by atoms with Crippen molar-refractivity contribution in [3.8, 4) is 6.07 Å². The molecule has 0 radical (unpaired) electrons. The van der Waals surface area contributed by atoms with Crippen LogP contribution in [0.4, 0.5) is 10.2 Å². The number of nitriles is 1. The second-order valence-corrected chi connectivity index (χ2v) is 4.37. The Labute approximate surface area is 126 Å². The highest BCUT2D eigenvalue weighted by molar-refractivity contribution is 5.78. The van der Waals surface area contributed by atoms with Gasteiger partial charge in [-0.1, -0.05) is 12.1 Å². The summed E-state index contributed by atoms with van der Waals surface area (Å²) in [7, 11) is 1.28. The van der Waals surface area contributed by atoms with Crippen molar-refractivity contribution in [1.82, 2.24) is 9.97 Å². The Kier molecular flexibility index (Phi) is 4.98. The van der Waals surface area contributed by atoms with Gasteiger partial charge < -0.3 is 10.1 Å². The van der Waals surface area contributed by atoms with Crippen LogP contribution in [0.1, 0.15) is 17.2 Å². The summed E-state index contributed by atoms with van der Waals surface area (Å²) in [6, 6.07) is 7.48. The van der Waals surface area contributed by atoms with Gasteiger partial charge in [-0.15, -0.1) is 0 Å². The van der Waals surface area contributed by atoms with E-state index < -0.39 is 11.9 Å². The molecule has 1 N–H and O–H groups in total. The first kappa shape index (κ1) is 15.4. The number of esters is 1. The van der Waals surface area contributed by atoms with Gasteiger partial charge >= 0.3 is 5.97 Å². The van der Waals surface area contributed by atoms with Crippen LogP contribution < -0.4 is 5.32 Å². The smallest absolute Gasteiger partial charge is 0.314 e.